The van der Waals surface area contributed by atoms with E-state index in [1.165, 1.54) is 21.6 Å². The molecule has 0 aromatic heterocycles. The van der Waals surface area contributed by atoms with Crippen LogP contribution >= 0.6 is 11.8 Å². The molecule has 1 nitrogen and oxygen atoms in total. The van der Waals surface area contributed by atoms with Crippen LogP contribution in [0.25, 0.3) is 0 Å². The predicted octanol–water partition coefficient (Wildman–Crippen LogP) is 5.20. The van der Waals surface area contributed by atoms with E-state index in [9.17, 15) is 0 Å². The second-order valence-electron chi connectivity index (χ2n) is 4.27. The van der Waals surface area contributed by atoms with E-state index in [1.54, 1.807) is 11.8 Å². The zero-order chi connectivity index (χ0) is 14.3. The molecular weight excluding hydrogens is 250 g/mol. The van der Waals surface area contributed by atoms with Crippen LogP contribution in [0, 0.1) is 13.8 Å². The van der Waals surface area contributed by atoms with Gasteiger partial charge in [-0.2, -0.15) is 0 Å². The number of hydrogen-bond donors (Lipinski definition) is 1. The minimum absolute atomic E-state index is 0.913. The van der Waals surface area contributed by atoms with Crippen LogP contribution in [0.15, 0.2) is 47.4 Å². The van der Waals surface area contributed by atoms with Crippen LogP contribution < -0.4 is 5.73 Å². The molecule has 0 aliphatic rings. The number of benzene rings is 2. The van der Waals surface area contributed by atoms with Gasteiger partial charge in [-0.05, 0) is 36.6 Å². The highest BCUT2D eigenvalue weighted by Crippen LogP contribution is 2.31. The van der Waals surface area contributed by atoms with Crippen LogP contribution in [-0.4, -0.2) is 0 Å². The van der Waals surface area contributed by atoms with Crippen molar-refractivity contribution in [2.45, 2.75) is 38.3 Å². The highest BCUT2D eigenvalue weighted by molar-refractivity contribution is 7.98. The summed E-state index contributed by atoms with van der Waals surface area (Å²) in [5.41, 5.74) is 10.8. The van der Waals surface area contributed by atoms with Gasteiger partial charge in [0.2, 0.25) is 0 Å². The van der Waals surface area contributed by atoms with Crippen LogP contribution in [0.2, 0.25) is 0 Å². The topological polar surface area (TPSA) is 26.0 Å². The Bertz CT molecular complexity index is 506. The quantitative estimate of drug-likeness (QED) is 0.614. The van der Waals surface area contributed by atoms with Crippen molar-refractivity contribution < 1.29 is 0 Å². The fourth-order valence-corrected chi connectivity index (χ4v) is 2.89. The Balaban J connectivity index is 0.000000861. The number of nitrogens with two attached hydrogens (primary N) is 1. The normalized spacial score (nSPS) is 9.68. The summed E-state index contributed by atoms with van der Waals surface area (Å²) in [6, 6.07) is 14.8. The van der Waals surface area contributed by atoms with Crippen molar-refractivity contribution in [3.63, 3.8) is 0 Å². The molecule has 0 saturated carbocycles. The van der Waals surface area contributed by atoms with Crippen molar-refractivity contribution >= 4 is 17.4 Å². The van der Waals surface area contributed by atoms with Crippen LogP contribution in [0.3, 0.4) is 0 Å². The highest BCUT2D eigenvalue weighted by Gasteiger charge is 2.04. The molecule has 0 saturated heterocycles. The van der Waals surface area contributed by atoms with Gasteiger partial charge in [-0.25, -0.2) is 0 Å². The van der Waals surface area contributed by atoms with Crippen molar-refractivity contribution in [2.24, 2.45) is 0 Å². The number of thioether (sulfide) groups is 1. The monoisotopic (exact) mass is 273 g/mol. The molecule has 19 heavy (non-hydrogen) atoms. The molecule has 2 aromatic rings. The van der Waals surface area contributed by atoms with Gasteiger partial charge >= 0.3 is 0 Å². The van der Waals surface area contributed by atoms with E-state index >= 15 is 0 Å². The molecule has 2 aromatic carbocycles. The largest absolute Gasteiger partial charge is 0.398 e. The molecule has 0 radical (unpaired) electrons. The van der Waals surface area contributed by atoms with Gasteiger partial charge in [-0.15, -0.1) is 11.8 Å². The Morgan fingerprint density at radius 2 is 1.63 bits per heavy atom. The smallest absolute Gasteiger partial charge is 0.0482 e. The van der Waals surface area contributed by atoms with Gasteiger partial charge in [-0.1, -0.05) is 50.2 Å². The van der Waals surface area contributed by atoms with Gasteiger partial charge in [-0.3, -0.25) is 0 Å². The maximum atomic E-state index is 6.09. The Hall–Kier alpha value is -1.41. The molecule has 0 amide bonds. The molecule has 0 aliphatic heterocycles. The second-order valence-corrected chi connectivity index (χ2v) is 5.29. The lowest BCUT2D eigenvalue weighted by atomic mass is 10.1. The third-order valence-corrected chi connectivity index (χ3v) is 3.86. The first-order valence-corrected chi connectivity index (χ1v) is 7.69. The van der Waals surface area contributed by atoms with E-state index in [0.29, 0.717) is 0 Å². The van der Waals surface area contributed by atoms with E-state index in [4.69, 9.17) is 5.73 Å². The zero-order valence-electron chi connectivity index (χ0n) is 12.2. The predicted molar refractivity (Wildman–Crippen MR) is 87.7 cm³/mol. The first kappa shape index (κ1) is 15.6. The molecule has 0 fully saturated rings. The molecule has 2 N–H and O–H groups in total. The maximum Gasteiger partial charge on any atom is 0.0482 e. The third kappa shape index (κ3) is 4.64. The molecule has 102 valence electrons. The fourth-order valence-electron chi connectivity index (χ4n) is 1.79. The lowest BCUT2D eigenvalue weighted by Crippen LogP contribution is -1.94. The number of anilines is 1. The van der Waals surface area contributed by atoms with E-state index in [1.807, 2.05) is 19.9 Å². The Morgan fingerprint density at radius 3 is 2.26 bits per heavy atom. The number of nitrogen functional groups attached to an aromatic ring is 1. The van der Waals surface area contributed by atoms with E-state index in [-0.39, 0.29) is 0 Å². The zero-order valence-corrected chi connectivity index (χ0v) is 13.1. The molecule has 0 unspecified atom stereocenters. The standard InChI is InChI=1S/C15H17NS.C2H6/c1-11-8-12(2)15(16)14(9-11)17-10-13-6-4-3-5-7-13;1-2/h3-9H,10,16H2,1-2H3;1-2H3. The molecule has 2 heteroatoms. The van der Waals surface area contributed by atoms with Crippen LogP contribution in [0.4, 0.5) is 5.69 Å². The van der Waals surface area contributed by atoms with Gasteiger partial charge in [0.15, 0.2) is 0 Å². The summed E-state index contributed by atoms with van der Waals surface area (Å²) in [4.78, 5) is 1.19. The van der Waals surface area contributed by atoms with Crippen molar-refractivity contribution in [1.82, 2.24) is 0 Å². The molecule has 0 spiro atoms. The van der Waals surface area contributed by atoms with Gasteiger partial charge in [0, 0.05) is 16.3 Å². The first-order valence-electron chi connectivity index (χ1n) is 6.70. The Morgan fingerprint density at radius 1 is 1.00 bits per heavy atom. The van der Waals surface area contributed by atoms with E-state index in [2.05, 4.69) is 50.2 Å². The van der Waals surface area contributed by atoms with Gasteiger partial charge in [0.1, 0.15) is 0 Å². The number of rotatable bonds is 3. The van der Waals surface area contributed by atoms with Gasteiger partial charge < -0.3 is 5.73 Å². The summed E-state index contributed by atoms with van der Waals surface area (Å²) in [5, 5.41) is 0. The summed E-state index contributed by atoms with van der Waals surface area (Å²) in [7, 11) is 0. The molecule has 0 atom stereocenters. The van der Waals surface area contributed by atoms with Gasteiger partial charge in [0.25, 0.3) is 0 Å². The molecule has 0 aliphatic carbocycles. The SMILES string of the molecule is CC.Cc1cc(C)c(N)c(SCc2ccccc2)c1. The Kier molecular flexibility index (Phi) is 6.51. The molecular formula is C17H23NS. The van der Waals surface area contributed by atoms with E-state index < -0.39 is 0 Å². The summed E-state index contributed by atoms with van der Waals surface area (Å²) in [5.74, 6) is 0.966. The van der Waals surface area contributed by atoms with Crippen molar-refractivity contribution in [1.29, 1.82) is 0 Å². The number of hydrogen-bond acceptors (Lipinski definition) is 2. The highest BCUT2D eigenvalue weighted by atomic mass is 32.2. The first-order chi connectivity index (χ1) is 9.16. The summed E-state index contributed by atoms with van der Waals surface area (Å²) >= 11 is 1.80. The van der Waals surface area contributed by atoms with Crippen LogP contribution in [0.1, 0.15) is 30.5 Å². The lowest BCUT2D eigenvalue weighted by molar-refractivity contribution is 1.29. The molecule has 2 rings (SSSR count). The minimum Gasteiger partial charge on any atom is -0.398 e. The molecule has 0 heterocycles. The average Bonchev–Trinajstić information content (AvgIpc) is 2.44. The summed E-state index contributed by atoms with van der Waals surface area (Å²) < 4.78 is 0. The minimum atomic E-state index is 0.913. The molecule has 0 bridgehead atoms. The summed E-state index contributed by atoms with van der Waals surface area (Å²) in [6.45, 7) is 8.17. The van der Waals surface area contributed by atoms with Gasteiger partial charge in [0.05, 0.1) is 0 Å². The van der Waals surface area contributed by atoms with Crippen molar-refractivity contribution in [3.05, 3.63) is 59.2 Å². The lowest BCUT2D eigenvalue weighted by Gasteiger charge is -2.09. The average molecular weight is 273 g/mol. The second kappa shape index (κ2) is 7.90. The third-order valence-electron chi connectivity index (χ3n) is 2.73. The van der Waals surface area contributed by atoms with Crippen LogP contribution in [-0.2, 0) is 5.75 Å². The van der Waals surface area contributed by atoms with Crippen molar-refractivity contribution in [3.8, 4) is 0 Å². The Labute approximate surface area is 121 Å². The van der Waals surface area contributed by atoms with Crippen LogP contribution in [0.5, 0.6) is 0 Å². The maximum absolute atomic E-state index is 6.09. The van der Waals surface area contributed by atoms with E-state index in [0.717, 1.165) is 11.4 Å². The fraction of sp³-hybridized carbons (Fsp3) is 0.294. The number of aryl methyl sites for hydroxylation is 2. The summed E-state index contributed by atoms with van der Waals surface area (Å²) in [6.07, 6.45) is 0. The van der Waals surface area contributed by atoms with Crippen molar-refractivity contribution in [2.75, 3.05) is 5.73 Å².